The molecule has 3 nitrogen and oxygen atoms in total. The van der Waals surface area contributed by atoms with E-state index in [1.807, 2.05) is 0 Å². The lowest BCUT2D eigenvalue weighted by Gasteiger charge is -2.26. The second kappa shape index (κ2) is 8.02. The Kier molecular flexibility index (Phi) is 6.34. The molecule has 0 radical (unpaired) electrons. The third kappa shape index (κ3) is 5.08. The average molecular weight is 280 g/mol. The second-order valence-electron chi connectivity index (χ2n) is 7.11. The lowest BCUT2D eigenvalue weighted by molar-refractivity contribution is -0.122. The van der Waals surface area contributed by atoms with Crippen molar-refractivity contribution in [2.75, 3.05) is 0 Å². The number of carbonyl (C=O) groups is 1. The molecule has 2 rings (SSSR count). The van der Waals surface area contributed by atoms with Crippen molar-refractivity contribution >= 4 is 5.91 Å². The molecule has 0 aromatic heterocycles. The fraction of sp³-hybridized carbons (Fsp3) is 0.941. The van der Waals surface area contributed by atoms with Crippen LogP contribution in [0.25, 0.3) is 0 Å². The third-order valence-corrected chi connectivity index (χ3v) is 5.38. The first-order valence-corrected chi connectivity index (χ1v) is 8.70. The predicted octanol–water partition coefficient (Wildman–Crippen LogP) is 3.37. The van der Waals surface area contributed by atoms with Crippen LogP contribution in [0.4, 0.5) is 0 Å². The fourth-order valence-corrected chi connectivity index (χ4v) is 3.80. The van der Waals surface area contributed by atoms with Gasteiger partial charge in [-0.2, -0.15) is 0 Å². The summed E-state index contributed by atoms with van der Waals surface area (Å²) in [7, 11) is 0. The Morgan fingerprint density at radius 1 is 1.05 bits per heavy atom. The SMILES string of the molecule is CC1CCCCCC1NC(=O)CCC1CCC(N)CC1. The van der Waals surface area contributed by atoms with Gasteiger partial charge in [0.1, 0.15) is 0 Å². The lowest BCUT2D eigenvalue weighted by atomic mass is 9.83. The molecule has 3 N–H and O–H groups in total. The molecule has 1 amide bonds. The fourth-order valence-electron chi connectivity index (χ4n) is 3.80. The average Bonchev–Trinajstić information content (AvgIpc) is 2.64. The molecule has 20 heavy (non-hydrogen) atoms. The number of nitrogens with one attached hydrogen (secondary N) is 1. The minimum Gasteiger partial charge on any atom is -0.353 e. The van der Waals surface area contributed by atoms with Gasteiger partial charge in [-0.3, -0.25) is 4.79 Å². The molecule has 2 fully saturated rings. The third-order valence-electron chi connectivity index (χ3n) is 5.38. The van der Waals surface area contributed by atoms with E-state index >= 15 is 0 Å². The van der Waals surface area contributed by atoms with Crippen molar-refractivity contribution in [3.63, 3.8) is 0 Å². The predicted molar refractivity (Wildman–Crippen MR) is 83.3 cm³/mol. The van der Waals surface area contributed by atoms with Crippen LogP contribution in [0.3, 0.4) is 0 Å². The first-order chi connectivity index (χ1) is 9.65. The highest BCUT2D eigenvalue weighted by Gasteiger charge is 2.23. The van der Waals surface area contributed by atoms with Crippen LogP contribution in [0.2, 0.25) is 0 Å². The van der Waals surface area contributed by atoms with Crippen molar-refractivity contribution < 1.29 is 4.79 Å². The van der Waals surface area contributed by atoms with Gasteiger partial charge in [-0.05, 0) is 56.8 Å². The Balaban J connectivity index is 1.66. The maximum absolute atomic E-state index is 12.1. The van der Waals surface area contributed by atoms with Crippen molar-refractivity contribution in [2.24, 2.45) is 17.6 Å². The molecule has 2 unspecified atom stereocenters. The maximum Gasteiger partial charge on any atom is 0.220 e. The highest BCUT2D eigenvalue weighted by Crippen LogP contribution is 2.27. The van der Waals surface area contributed by atoms with Gasteiger partial charge in [-0.1, -0.05) is 26.2 Å². The Morgan fingerprint density at radius 2 is 1.75 bits per heavy atom. The number of amides is 1. The zero-order valence-electron chi connectivity index (χ0n) is 13.1. The van der Waals surface area contributed by atoms with Crippen LogP contribution in [0, 0.1) is 11.8 Å². The topological polar surface area (TPSA) is 55.1 Å². The molecule has 2 aliphatic rings. The van der Waals surface area contributed by atoms with Gasteiger partial charge < -0.3 is 11.1 Å². The van der Waals surface area contributed by atoms with Gasteiger partial charge in [0.15, 0.2) is 0 Å². The zero-order chi connectivity index (χ0) is 14.4. The van der Waals surface area contributed by atoms with Gasteiger partial charge in [0.25, 0.3) is 0 Å². The quantitative estimate of drug-likeness (QED) is 0.776. The smallest absolute Gasteiger partial charge is 0.220 e. The van der Waals surface area contributed by atoms with Crippen LogP contribution in [0.1, 0.15) is 77.6 Å². The minimum atomic E-state index is 0.277. The molecular weight excluding hydrogens is 248 g/mol. The normalized spacial score (nSPS) is 35.3. The highest BCUT2D eigenvalue weighted by atomic mass is 16.1. The number of hydrogen-bond donors (Lipinski definition) is 2. The van der Waals surface area contributed by atoms with Crippen LogP contribution >= 0.6 is 0 Å². The number of hydrogen-bond acceptors (Lipinski definition) is 2. The summed E-state index contributed by atoms with van der Waals surface area (Å²) in [5.74, 6) is 1.65. The van der Waals surface area contributed by atoms with Crippen molar-refractivity contribution in [1.82, 2.24) is 5.32 Å². The Morgan fingerprint density at radius 3 is 2.50 bits per heavy atom. The van der Waals surface area contributed by atoms with Crippen LogP contribution in [-0.4, -0.2) is 18.0 Å². The molecule has 0 saturated heterocycles. The van der Waals surface area contributed by atoms with E-state index in [1.54, 1.807) is 0 Å². The summed E-state index contributed by atoms with van der Waals surface area (Å²) in [5, 5.41) is 3.29. The molecule has 116 valence electrons. The molecule has 2 aliphatic carbocycles. The summed E-state index contributed by atoms with van der Waals surface area (Å²) < 4.78 is 0. The van der Waals surface area contributed by atoms with Crippen molar-refractivity contribution in [1.29, 1.82) is 0 Å². The lowest BCUT2D eigenvalue weighted by Crippen LogP contribution is -2.39. The molecular formula is C17H32N2O. The molecule has 0 aliphatic heterocycles. The van der Waals surface area contributed by atoms with E-state index in [0.717, 1.165) is 25.2 Å². The monoisotopic (exact) mass is 280 g/mol. The van der Waals surface area contributed by atoms with Crippen LogP contribution in [-0.2, 0) is 4.79 Å². The van der Waals surface area contributed by atoms with Gasteiger partial charge in [0, 0.05) is 18.5 Å². The van der Waals surface area contributed by atoms with E-state index in [1.165, 1.54) is 44.9 Å². The van der Waals surface area contributed by atoms with E-state index in [9.17, 15) is 4.79 Å². The molecule has 0 aromatic carbocycles. The van der Waals surface area contributed by atoms with E-state index < -0.39 is 0 Å². The zero-order valence-corrected chi connectivity index (χ0v) is 13.1. The van der Waals surface area contributed by atoms with Crippen molar-refractivity contribution in [3.8, 4) is 0 Å². The molecule has 0 bridgehead atoms. The van der Waals surface area contributed by atoms with Gasteiger partial charge >= 0.3 is 0 Å². The molecule has 2 saturated carbocycles. The number of nitrogens with two attached hydrogens (primary N) is 1. The Bertz CT molecular complexity index is 297. The van der Waals surface area contributed by atoms with Crippen LogP contribution < -0.4 is 11.1 Å². The minimum absolute atomic E-state index is 0.277. The standard InChI is InChI=1S/C17H32N2O/c1-13-5-3-2-4-6-16(13)19-17(20)12-9-14-7-10-15(18)11-8-14/h13-16H,2-12,18H2,1H3,(H,19,20). The summed E-state index contributed by atoms with van der Waals surface area (Å²) in [6.45, 7) is 2.29. The largest absolute Gasteiger partial charge is 0.353 e. The molecule has 2 atom stereocenters. The molecule has 0 heterocycles. The van der Waals surface area contributed by atoms with Gasteiger partial charge in [0.05, 0.1) is 0 Å². The van der Waals surface area contributed by atoms with E-state index in [2.05, 4.69) is 12.2 Å². The first kappa shape index (κ1) is 15.8. The highest BCUT2D eigenvalue weighted by molar-refractivity contribution is 5.76. The first-order valence-electron chi connectivity index (χ1n) is 8.70. The van der Waals surface area contributed by atoms with E-state index in [0.29, 0.717) is 24.4 Å². The van der Waals surface area contributed by atoms with E-state index in [4.69, 9.17) is 5.73 Å². The maximum atomic E-state index is 12.1. The van der Waals surface area contributed by atoms with Crippen LogP contribution in [0.15, 0.2) is 0 Å². The Hall–Kier alpha value is -0.570. The molecule has 0 aromatic rings. The summed E-state index contributed by atoms with van der Waals surface area (Å²) in [6, 6.07) is 0.830. The summed E-state index contributed by atoms with van der Waals surface area (Å²) >= 11 is 0. The van der Waals surface area contributed by atoms with Crippen molar-refractivity contribution in [3.05, 3.63) is 0 Å². The summed E-state index contributed by atoms with van der Waals surface area (Å²) in [4.78, 5) is 12.1. The second-order valence-corrected chi connectivity index (χ2v) is 7.11. The van der Waals surface area contributed by atoms with E-state index in [-0.39, 0.29) is 5.91 Å². The summed E-state index contributed by atoms with van der Waals surface area (Å²) in [5.41, 5.74) is 5.93. The van der Waals surface area contributed by atoms with Gasteiger partial charge in [-0.25, -0.2) is 0 Å². The summed E-state index contributed by atoms with van der Waals surface area (Å²) in [6.07, 6.45) is 12.9. The number of carbonyl (C=O) groups excluding carboxylic acids is 1. The van der Waals surface area contributed by atoms with Crippen molar-refractivity contribution in [2.45, 2.75) is 89.6 Å². The van der Waals surface area contributed by atoms with Crippen LogP contribution in [0.5, 0.6) is 0 Å². The molecule has 0 spiro atoms. The number of rotatable bonds is 4. The Labute approximate surface area is 124 Å². The van der Waals surface area contributed by atoms with Gasteiger partial charge in [0.2, 0.25) is 5.91 Å². The van der Waals surface area contributed by atoms with Gasteiger partial charge in [-0.15, -0.1) is 0 Å². The molecule has 3 heteroatoms.